The number of urea groups is 1. The Balaban J connectivity index is 1.30. The molecule has 2 fully saturated rings. The second-order valence-electron chi connectivity index (χ2n) is 7.74. The number of furan rings is 1. The van der Waals surface area contributed by atoms with Crippen LogP contribution in [0.5, 0.6) is 0 Å². The number of carbonyl (C=O) groups excluding carboxylic acids is 2. The number of aromatic nitrogens is 1. The van der Waals surface area contributed by atoms with Gasteiger partial charge < -0.3 is 9.73 Å². The van der Waals surface area contributed by atoms with Gasteiger partial charge in [-0.25, -0.2) is 23.1 Å². The quantitative estimate of drug-likeness (QED) is 0.526. The zero-order valence-corrected chi connectivity index (χ0v) is 17.1. The first kappa shape index (κ1) is 19.8. The van der Waals surface area contributed by atoms with Crippen molar-refractivity contribution < 1.29 is 22.6 Å². The van der Waals surface area contributed by atoms with E-state index in [1.807, 2.05) is 18.2 Å². The standard InChI is InChI=1S/C21H19FN4O4S/c22-15-9-14(11-23-18(15)17-8-12-4-1-2-6-16(12)30-17)31(29)24-10-13-5-3-7-21(13)19(27)25-20(28)26-21/h1-2,4,6,8-9,11,13,24H,3,5,7,10H2,(H2,25,26,27,28). The SMILES string of the molecule is O=C1NC(=O)C2(CCCC2CNS(=O)c2cnc(-c3cc4ccccc4o3)c(F)c2)N1. The summed E-state index contributed by atoms with van der Waals surface area (Å²) >= 11 is 0. The number of nitrogens with zero attached hydrogens (tertiary/aromatic N) is 1. The summed E-state index contributed by atoms with van der Waals surface area (Å²) in [6.45, 7) is 0.229. The average Bonchev–Trinajstić information content (AvgIpc) is 3.43. The molecule has 160 valence electrons. The van der Waals surface area contributed by atoms with E-state index >= 15 is 0 Å². The lowest BCUT2D eigenvalue weighted by molar-refractivity contribution is -0.125. The van der Waals surface area contributed by atoms with Gasteiger partial charge in [0.05, 0.1) is 4.90 Å². The number of amides is 3. The van der Waals surface area contributed by atoms with E-state index < -0.39 is 28.4 Å². The van der Waals surface area contributed by atoms with Crippen LogP contribution >= 0.6 is 0 Å². The zero-order valence-electron chi connectivity index (χ0n) is 16.3. The van der Waals surface area contributed by atoms with Gasteiger partial charge >= 0.3 is 6.03 Å². The molecule has 5 rings (SSSR count). The Morgan fingerprint density at radius 2 is 2.13 bits per heavy atom. The van der Waals surface area contributed by atoms with Gasteiger partial charge in [0.15, 0.2) is 11.6 Å². The van der Waals surface area contributed by atoms with Crippen molar-refractivity contribution in [3.05, 3.63) is 48.4 Å². The Kier molecular flexibility index (Phi) is 4.82. The number of fused-ring (bicyclic) bond motifs is 1. The fourth-order valence-corrected chi connectivity index (χ4v) is 5.26. The molecular formula is C21H19FN4O4S. The molecule has 10 heteroatoms. The van der Waals surface area contributed by atoms with Crippen molar-refractivity contribution in [3.63, 3.8) is 0 Å². The Bertz CT molecular complexity index is 1200. The first-order valence-electron chi connectivity index (χ1n) is 9.90. The Hall–Kier alpha value is -3.11. The molecule has 3 unspecified atom stereocenters. The Morgan fingerprint density at radius 1 is 1.29 bits per heavy atom. The van der Waals surface area contributed by atoms with Crippen LogP contribution in [0.15, 0.2) is 51.9 Å². The molecule has 3 amide bonds. The van der Waals surface area contributed by atoms with E-state index in [-0.39, 0.29) is 29.0 Å². The minimum atomic E-state index is -1.73. The van der Waals surface area contributed by atoms with E-state index in [0.717, 1.165) is 17.9 Å². The molecule has 1 saturated heterocycles. The summed E-state index contributed by atoms with van der Waals surface area (Å²) in [5.74, 6) is -0.919. The lowest BCUT2D eigenvalue weighted by Gasteiger charge is -2.28. The van der Waals surface area contributed by atoms with E-state index in [4.69, 9.17) is 4.42 Å². The number of rotatable bonds is 5. The van der Waals surface area contributed by atoms with Gasteiger partial charge in [-0.3, -0.25) is 10.1 Å². The summed E-state index contributed by atoms with van der Waals surface area (Å²) in [6.07, 6.45) is 3.35. The molecule has 1 saturated carbocycles. The van der Waals surface area contributed by atoms with Gasteiger partial charge in [-0.2, -0.15) is 0 Å². The van der Waals surface area contributed by atoms with Gasteiger partial charge in [0, 0.05) is 24.0 Å². The smallest absolute Gasteiger partial charge is 0.322 e. The highest BCUT2D eigenvalue weighted by Gasteiger charge is 2.54. The number of benzene rings is 1. The largest absolute Gasteiger partial charge is 0.454 e. The van der Waals surface area contributed by atoms with Crippen LogP contribution in [0.2, 0.25) is 0 Å². The third-order valence-corrected chi connectivity index (χ3v) is 7.02. The number of pyridine rings is 1. The fraction of sp³-hybridized carbons (Fsp3) is 0.286. The maximum Gasteiger partial charge on any atom is 0.322 e. The van der Waals surface area contributed by atoms with Gasteiger partial charge in [-0.1, -0.05) is 24.6 Å². The van der Waals surface area contributed by atoms with Gasteiger partial charge in [-0.05, 0) is 31.0 Å². The lowest BCUT2D eigenvalue weighted by Crippen LogP contribution is -2.52. The highest BCUT2D eigenvalue weighted by Crippen LogP contribution is 2.37. The van der Waals surface area contributed by atoms with Crippen LogP contribution < -0.4 is 15.4 Å². The fourth-order valence-electron chi connectivity index (χ4n) is 4.38. The minimum absolute atomic E-state index is 0.0389. The zero-order chi connectivity index (χ0) is 21.6. The predicted molar refractivity (Wildman–Crippen MR) is 111 cm³/mol. The highest BCUT2D eigenvalue weighted by molar-refractivity contribution is 7.83. The van der Waals surface area contributed by atoms with E-state index in [1.165, 1.54) is 6.20 Å². The van der Waals surface area contributed by atoms with E-state index in [0.29, 0.717) is 24.2 Å². The maximum atomic E-state index is 14.7. The molecule has 31 heavy (non-hydrogen) atoms. The Morgan fingerprint density at radius 3 is 2.87 bits per heavy atom. The average molecular weight is 442 g/mol. The summed E-state index contributed by atoms with van der Waals surface area (Å²) in [7, 11) is -1.73. The monoisotopic (exact) mass is 442 g/mol. The number of hydrogen-bond acceptors (Lipinski definition) is 5. The van der Waals surface area contributed by atoms with Crippen LogP contribution in [0.1, 0.15) is 19.3 Å². The number of para-hydroxylation sites is 1. The third kappa shape index (κ3) is 3.41. The molecule has 3 aromatic rings. The number of halogens is 1. The molecule has 3 heterocycles. The van der Waals surface area contributed by atoms with Crippen molar-refractivity contribution >= 4 is 33.9 Å². The minimum Gasteiger partial charge on any atom is -0.454 e. The number of carbonyl (C=O) groups is 2. The summed E-state index contributed by atoms with van der Waals surface area (Å²) in [4.78, 5) is 28.1. The molecule has 2 aromatic heterocycles. The molecule has 8 nitrogen and oxygen atoms in total. The van der Waals surface area contributed by atoms with E-state index in [9.17, 15) is 18.2 Å². The third-order valence-electron chi connectivity index (χ3n) is 5.94. The lowest BCUT2D eigenvalue weighted by atomic mass is 9.87. The van der Waals surface area contributed by atoms with Gasteiger partial charge in [0.1, 0.15) is 27.8 Å². The van der Waals surface area contributed by atoms with Crippen LogP contribution in [-0.2, 0) is 15.8 Å². The molecule has 2 aliphatic rings. The van der Waals surface area contributed by atoms with Crippen molar-refractivity contribution in [1.29, 1.82) is 0 Å². The van der Waals surface area contributed by atoms with Crippen LogP contribution in [-0.4, -0.2) is 33.2 Å². The van der Waals surface area contributed by atoms with Crippen molar-refractivity contribution in [2.75, 3.05) is 6.54 Å². The second kappa shape index (κ2) is 7.54. The maximum absolute atomic E-state index is 14.7. The topological polar surface area (TPSA) is 113 Å². The van der Waals surface area contributed by atoms with E-state index in [2.05, 4.69) is 20.3 Å². The summed E-state index contributed by atoms with van der Waals surface area (Å²) in [5, 5.41) is 5.83. The van der Waals surface area contributed by atoms with Crippen LogP contribution in [0.3, 0.4) is 0 Å². The van der Waals surface area contributed by atoms with Crippen LogP contribution in [0.4, 0.5) is 9.18 Å². The molecule has 3 atom stereocenters. The van der Waals surface area contributed by atoms with Gasteiger partial charge in [0.25, 0.3) is 5.91 Å². The number of imide groups is 1. The molecule has 1 aliphatic carbocycles. The normalized spacial score (nSPS) is 24.0. The van der Waals surface area contributed by atoms with Crippen molar-refractivity contribution in [2.45, 2.75) is 29.7 Å². The first-order valence-corrected chi connectivity index (χ1v) is 11.0. The molecule has 1 aliphatic heterocycles. The van der Waals surface area contributed by atoms with Gasteiger partial charge in [0.2, 0.25) is 0 Å². The number of nitrogens with one attached hydrogen (secondary N) is 3. The van der Waals surface area contributed by atoms with E-state index in [1.54, 1.807) is 12.1 Å². The van der Waals surface area contributed by atoms with Crippen molar-refractivity contribution in [1.82, 2.24) is 20.3 Å². The summed E-state index contributed by atoms with van der Waals surface area (Å²) in [6, 6.07) is 9.68. The predicted octanol–water partition coefficient (Wildman–Crippen LogP) is 2.62. The summed E-state index contributed by atoms with van der Waals surface area (Å²) < 4.78 is 35.9. The van der Waals surface area contributed by atoms with Crippen LogP contribution in [0, 0.1) is 11.7 Å². The van der Waals surface area contributed by atoms with Crippen molar-refractivity contribution in [2.24, 2.45) is 5.92 Å². The second-order valence-corrected chi connectivity index (χ2v) is 9.03. The molecule has 0 radical (unpaired) electrons. The highest BCUT2D eigenvalue weighted by atomic mass is 32.2. The summed E-state index contributed by atoms with van der Waals surface area (Å²) in [5.41, 5.74) is -0.304. The molecular weight excluding hydrogens is 423 g/mol. The molecule has 1 aromatic carbocycles. The Labute approximate surface area is 179 Å². The molecule has 0 bridgehead atoms. The molecule has 1 spiro atoms. The number of hydrogen-bond donors (Lipinski definition) is 3. The molecule has 3 N–H and O–H groups in total. The van der Waals surface area contributed by atoms with Crippen LogP contribution in [0.25, 0.3) is 22.4 Å². The van der Waals surface area contributed by atoms with Crippen molar-refractivity contribution in [3.8, 4) is 11.5 Å². The first-order chi connectivity index (χ1) is 15.0. The van der Waals surface area contributed by atoms with Gasteiger partial charge in [-0.15, -0.1) is 0 Å².